The zero-order valence-electron chi connectivity index (χ0n) is 17.6. The first-order valence-electron chi connectivity index (χ1n) is 10.2. The maximum atomic E-state index is 14.7. The Morgan fingerprint density at radius 3 is 2.69 bits per heavy atom. The molecule has 172 valence electrons. The van der Waals surface area contributed by atoms with Gasteiger partial charge in [0.05, 0.1) is 6.54 Å². The monoisotopic (exact) mass is 464 g/mol. The van der Waals surface area contributed by atoms with Crippen LogP contribution in [0.3, 0.4) is 0 Å². The maximum Gasteiger partial charge on any atom is 0.244 e. The van der Waals surface area contributed by atoms with Crippen molar-refractivity contribution in [2.75, 3.05) is 20.1 Å². The summed E-state index contributed by atoms with van der Waals surface area (Å²) in [6.07, 6.45) is 8.48. The topological polar surface area (TPSA) is 94.6 Å². The van der Waals surface area contributed by atoms with E-state index < -0.39 is 28.8 Å². The van der Waals surface area contributed by atoms with E-state index in [-0.39, 0.29) is 24.8 Å². The van der Waals surface area contributed by atoms with E-state index in [1.54, 1.807) is 30.1 Å². The number of benzene rings is 1. The van der Waals surface area contributed by atoms with Crippen LogP contribution in [0.15, 0.2) is 36.5 Å². The van der Waals surface area contributed by atoms with E-state index in [9.17, 15) is 22.3 Å². The van der Waals surface area contributed by atoms with Crippen LogP contribution in [0.5, 0.6) is 5.88 Å². The molecule has 32 heavy (non-hydrogen) atoms. The van der Waals surface area contributed by atoms with E-state index in [0.717, 1.165) is 25.7 Å². The lowest BCUT2D eigenvalue weighted by Crippen LogP contribution is -2.35. The third-order valence-corrected chi connectivity index (χ3v) is 5.45. The molecule has 1 heterocycles. The third kappa shape index (κ3) is 6.65. The standard InChI is InChI=1S/C22H25F2N3O4S/c1-27(14-21(28)26-32(29)30)11-5-9-18-19(23)12-15(13-20(18)24)17-8-4-10-25-22(17)31-16-6-2-3-7-16/h4-5,8-10,12-13,16H,2-3,6-7,11,14H2,1H3,(H,26,28)(H,29,30)/p-1/b9-5+. The van der Waals surface area contributed by atoms with Crippen molar-refractivity contribution in [2.45, 2.75) is 31.8 Å². The molecule has 1 aliphatic rings. The Morgan fingerprint density at radius 2 is 2.03 bits per heavy atom. The minimum Gasteiger partial charge on any atom is -0.755 e. The van der Waals surface area contributed by atoms with E-state index in [0.29, 0.717) is 17.0 Å². The molecular formula is C22H24F2N3O4S-. The predicted octanol–water partition coefficient (Wildman–Crippen LogP) is 3.20. The number of aromatic nitrogens is 1. The van der Waals surface area contributed by atoms with Gasteiger partial charge in [0.2, 0.25) is 11.8 Å². The van der Waals surface area contributed by atoms with E-state index >= 15 is 0 Å². The summed E-state index contributed by atoms with van der Waals surface area (Å²) in [5.74, 6) is -1.83. The molecule has 2 aromatic rings. The first-order valence-corrected chi connectivity index (χ1v) is 11.3. The Bertz CT molecular complexity index is 989. The Hall–Kier alpha value is -2.69. The number of likely N-dealkylation sites (N-methyl/N-ethyl adjacent to an activating group) is 1. The van der Waals surface area contributed by atoms with Crippen LogP contribution < -0.4 is 9.46 Å². The fourth-order valence-electron chi connectivity index (χ4n) is 3.55. The van der Waals surface area contributed by atoms with Gasteiger partial charge in [-0.05, 0) is 62.6 Å². The lowest BCUT2D eigenvalue weighted by atomic mass is 10.0. The molecule has 1 atom stereocenters. The first-order chi connectivity index (χ1) is 15.3. The summed E-state index contributed by atoms with van der Waals surface area (Å²) < 4.78 is 58.0. The Morgan fingerprint density at radius 1 is 1.34 bits per heavy atom. The van der Waals surface area contributed by atoms with Gasteiger partial charge in [-0.3, -0.25) is 18.6 Å². The van der Waals surface area contributed by atoms with Gasteiger partial charge in [0, 0.05) is 35.1 Å². The van der Waals surface area contributed by atoms with Crippen molar-refractivity contribution >= 4 is 23.2 Å². The summed E-state index contributed by atoms with van der Waals surface area (Å²) in [4.78, 5) is 17.2. The highest BCUT2D eigenvalue weighted by molar-refractivity contribution is 7.77. The second kappa shape index (κ2) is 11.3. The molecule has 0 aliphatic heterocycles. The van der Waals surface area contributed by atoms with Gasteiger partial charge in [-0.15, -0.1) is 0 Å². The minimum atomic E-state index is -2.68. The number of halogens is 2. The fraction of sp³-hybridized carbons (Fsp3) is 0.364. The van der Waals surface area contributed by atoms with Crippen molar-refractivity contribution < 1.29 is 27.1 Å². The SMILES string of the molecule is CN(C/C=C/c1c(F)cc(-c2cccnc2OC2CCCC2)cc1F)CC(=O)NS(=O)[O-]. The smallest absolute Gasteiger partial charge is 0.244 e. The lowest BCUT2D eigenvalue weighted by Gasteiger charge is -2.16. The third-order valence-electron chi connectivity index (χ3n) is 5.05. The van der Waals surface area contributed by atoms with E-state index in [2.05, 4.69) is 4.98 Å². The number of hydrogen-bond donors (Lipinski definition) is 1. The van der Waals surface area contributed by atoms with Gasteiger partial charge in [-0.1, -0.05) is 12.2 Å². The Labute approximate surface area is 187 Å². The van der Waals surface area contributed by atoms with E-state index in [1.807, 2.05) is 0 Å². The van der Waals surface area contributed by atoms with Gasteiger partial charge in [0.15, 0.2) is 0 Å². The van der Waals surface area contributed by atoms with Gasteiger partial charge < -0.3 is 9.29 Å². The first kappa shape index (κ1) is 24.0. The van der Waals surface area contributed by atoms with Crippen LogP contribution in [0.4, 0.5) is 8.78 Å². The lowest BCUT2D eigenvalue weighted by molar-refractivity contribution is -0.120. The summed E-state index contributed by atoms with van der Waals surface area (Å²) >= 11 is -2.68. The molecule has 1 saturated carbocycles. The van der Waals surface area contributed by atoms with Crippen LogP contribution >= 0.6 is 0 Å². The molecular weight excluding hydrogens is 440 g/mol. The summed E-state index contributed by atoms with van der Waals surface area (Å²) in [7, 11) is 1.57. The van der Waals surface area contributed by atoms with Crippen LogP contribution in [-0.2, 0) is 16.1 Å². The number of carbonyl (C=O) groups excluding carboxylic acids is 1. The summed E-state index contributed by atoms with van der Waals surface area (Å²) in [6, 6.07) is 5.88. The van der Waals surface area contributed by atoms with Crippen LogP contribution in [0.25, 0.3) is 17.2 Å². The molecule has 7 nitrogen and oxygen atoms in total. The molecule has 0 radical (unpaired) electrons. The van der Waals surface area contributed by atoms with Gasteiger partial charge in [-0.2, -0.15) is 0 Å². The van der Waals surface area contributed by atoms with Crippen molar-refractivity contribution in [2.24, 2.45) is 0 Å². The molecule has 1 aliphatic carbocycles. The summed E-state index contributed by atoms with van der Waals surface area (Å²) in [5.41, 5.74) is 0.640. The molecule has 0 bridgehead atoms. The fourth-order valence-corrected chi connectivity index (χ4v) is 3.80. The van der Waals surface area contributed by atoms with Gasteiger partial charge in [0.1, 0.15) is 17.7 Å². The maximum absolute atomic E-state index is 14.7. The van der Waals surface area contributed by atoms with Crippen molar-refractivity contribution in [1.82, 2.24) is 14.6 Å². The van der Waals surface area contributed by atoms with Crippen LogP contribution in [0.2, 0.25) is 0 Å². The molecule has 0 saturated heterocycles. The quantitative estimate of drug-likeness (QED) is 0.573. The zero-order chi connectivity index (χ0) is 23.1. The largest absolute Gasteiger partial charge is 0.755 e. The van der Waals surface area contributed by atoms with Gasteiger partial charge in [-0.25, -0.2) is 13.8 Å². The van der Waals surface area contributed by atoms with Crippen LogP contribution in [-0.4, -0.2) is 50.8 Å². The molecule has 0 spiro atoms. The number of rotatable bonds is 9. The van der Waals surface area contributed by atoms with Gasteiger partial charge >= 0.3 is 0 Å². The van der Waals surface area contributed by atoms with Crippen molar-refractivity contribution in [1.29, 1.82) is 0 Å². The van der Waals surface area contributed by atoms with Crippen molar-refractivity contribution in [3.63, 3.8) is 0 Å². The van der Waals surface area contributed by atoms with Crippen LogP contribution in [0, 0.1) is 11.6 Å². The number of hydrogen-bond acceptors (Lipinski definition) is 6. The number of amides is 1. The van der Waals surface area contributed by atoms with Gasteiger partial charge in [0.25, 0.3) is 0 Å². The highest BCUT2D eigenvalue weighted by Gasteiger charge is 2.20. The number of pyridine rings is 1. The molecule has 1 unspecified atom stereocenters. The number of carbonyl (C=O) groups is 1. The molecule has 1 amide bonds. The molecule has 1 aromatic carbocycles. The van der Waals surface area contributed by atoms with Crippen molar-refractivity contribution in [3.8, 4) is 17.0 Å². The summed E-state index contributed by atoms with van der Waals surface area (Å²) in [6.45, 7) is -0.00543. The molecule has 1 N–H and O–H groups in total. The number of nitrogens with zero attached hydrogens (tertiary/aromatic N) is 2. The Kier molecular flexibility index (Phi) is 8.43. The normalized spacial score (nSPS) is 15.4. The van der Waals surface area contributed by atoms with E-state index in [4.69, 9.17) is 4.74 Å². The number of nitrogens with one attached hydrogen (secondary N) is 1. The highest BCUT2D eigenvalue weighted by Crippen LogP contribution is 2.33. The molecule has 10 heteroatoms. The van der Waals surface area contributed by atoms with Crippen molar-refractivity contribution in [3.05, 3.63) is 53.7 Å². The summed E-state index contributed by atoms with van der Waals surface area (Å²) in [5, 5.41) is 0. The zero-order valence-corrected chi connectivity index (χ0v) is 18.4. The second-order valence-corrected chi connectivity index (χ2v) is 8.27. The van der Waals surface area contributed by atoms with E-state index in [1.165, 1.54) is 29.2 Å². The highest BCUT2D eigenvalue weighted by atomic mass is 32.2. The molecule has 1 fully saturated rings. The minimum absolute atomic E-state index is 0.0632. The predicted molar refractivity (Wildman–Crippen MR) is 116 cm³/mol. The average Bonchev–Trinajstić information content (AvgIpc) is 3.22. The number of ether oxygens (including phenoxy) is 1. The molecule has 1 aromatic heterocycles. The molecule has 3 rings (SSSR count). The average molecular weight is 465 g/mol. The van der Waals surface area contributed by atoms with Crippen LogP contribution in [0.1, 0.15) is 31.2 Å². The second-order valence-electron chi connectivity index (χ2n) is 7.59. The Balaban J connectivity index is 1.71.